The van der Waals surface area contributed by atoms with Crippen LogP contribution in [0.5, 0.6) is 0 Å². The molecule has 28 heavy (non-hydrogen) atoms. The van der Waals surface area contributed by atoms with Crippen molar-refractivity contribution < 1.29 is 14.1 Å². The van der Waals surface area contributed by atoms with Crippen LogP contribution in [0.3, 0.4) is 0 Å². The standard InChI is InChI=1S/C20H16N4O3S/c1-11-9-15(17-12(2)24-27-20(17)21-11)18(25)22-13-5-3-6-14(10-13)23-19(26)16-7-4-8-28-16/h3-10H,1-2H3,(H,22,25)(H,23,26). The van der Waals surface area contributed by atoms with E-state index >= 15 is 0 Å². The molecule has 3 aromatic heterocycles. The minimum absolute atomic E-state index is 0.190. The van der Waals surface area contributed by atoms with Crippen LogP contribution < -0.4 is 10.6 Å². The third-order valence-corrected chi connectivity index (χ3v) is 4.98. The highest BCUT2D eigenvalue weighted by molar-refractivity contribution is 7.12. The maximum atomic E-state index is 12.9. The number of aryl methyl sites for hydroxylation is 2. The topological polar surface area (TPSA) is 97.1 Å². The lowest BCUT2D eigenvalue weighted by Gasteiger charge is -2.09. The molecular weight excluding hydrogens is 376 g/mol. The lowest BCUT2D eigenvalue weighted by atomic mass is 10.1. The molecule has 4 rings (SSSR count). The summed E-state index contributed by atoms with van der Waals surface area (Å²) in [5.41, 5.74) is 3.18. The highest BCUT2D eigenvalue weighted by Gasteiger charge is 2.18. The van der Waals surface area contributed by atoms with Crippen LogP contribution in [0.4, 0.5) is 11.4 Å². The van der Waals surface area contributed by atoms with Crippen LogP contribution in [0.2, 0.25) is 0 Å². The monoisotopic (exact) mass is 392 g/mol. The average Bonchev–Trinajstić information content (AvgIpc) is 3.32. The summed E-state index contributed by atoms with van der Waals surface area (Å²) in [7, 11) is 0. The molecule has 0 bridgehead atoms. The fourth-order valence-corrected chi connectivity index (χ4v) is 3.49. The van der Waals surface area contributed by atoms with E-state index in [0.717, 1.165) is 0 Å². The van der Waals surface area contributed by atoms with E-state index in [-0.39, 0.29) is 11.8 Å². The van der Waals surface area contributed by atoms with Crippen LogP contribution >= 0.6 is 11.3 Å². The molecule has 2 N–H and O–H groups in total. The Morgan fingerprint density at radius 2 is 1.75 bits per heavy atom. The highest BCUT2D eigenvalue weighted by atomic mass is 32.1. The van der Waals surface area contributed by atoms with E-state index in [9.17, 15) is 9.59 Å². The number of pyridine rings is 1. The number of hydrogen-bond acceptors (Lipinski definition) is 6. The van der Waals surface area contributed by atoms with Crippen LogP contribution in [-0.4, -0.2) is 22.0 Å². The number of thiophene rings is 1. The summed E-state index contributed by atoms with van der Waals surface area (Å²) in [5, 5.41) is 12.0. The zero-order valence-corrected chi connectivity index (χ0v) is 16.0. The summed E-state index contributed by atoms with van der Waals surface area (Å²) in [6, 6.07) is 12.3. The molecule has 0 aliphatic heterocycles. The van der Waals surface area contributed by atoms with Crippen molar-refractivity contribution in [3.63, 3.8) is 0 Å². The van der Waals surface area contributed by atoms with Gasteiger partial charge in [-0.1, -0.05) is 17.3 Å². The number of anilines is 2. The Hall–Kier alpha value is -3.52. The van der Waals surface area contributed by atoms with Crippen molar-refractivity contribution in [3.8, 4) is 0 Å². The molecule has 1 aromatic carbocycles. The van der Waals surface area contributed by atoms with E-state index in [1.807, 2.05) is 11.4 Å². The number of aromatic nitrogens is 2. The number of fused-ring (bicyclic) bond motifs is 1. The lowest BCUT2D eigenvalue weighted by molar-refractivity contribution is 0.102. The number of rotatable bonds is 4. The van der Waals surface area contributed by atoms with Gasteiger partial charge >= 0.3 is 0 Å². The molecule has 0 unspecified atom stereocenters. The predicted octanol–water partition coefficient (Wildman–Crippen LogP) is 4.41. The van der Waals surface area contributed by atoms with E-state index in [1.54, 1.807) is 50.2 Å². The van der Waals surface area contributed by atoms with Crippen LogP contribution in [0, 0.1) is 13.8 Å². The summed E-state index contributed by atoms with van der Waals surface area (Å²) in [6.07, 6.45) is 0. The summed E-state index contributed by atoms with van der Waals surface area (Å²) in [4.78, 5) is 29.9. The van der Waals surface area contributed by atoms with Gasteiger partial charge in [-0.05, 0) is 49.6 Å². The van der Waals surface area contributed by atoms with Crippen LogP contribution in [0.15, 0.2) is 52.4 Å². The number of hydrogen-bond donors (Lipinski definition) is 2. The third-order valence-electron chi connectivity index (χ3n) is 4.11. The molecular formula is C20H16N4O3S. The SMILES string of the molecule is Cc1cc(C(=O)Nc2cccc(NC(=O)c3cccs3)c2)c2c(C)noc2n1. The second kappa shape index (κ2) is 7.24. The minimum Gasteiger partial charge on any atom is -0.336 e. The smallest absolute Gasteiger partial charge is 0.265 e. The van der Waals surface area contributed by atoms with Gasteiger partial charge in [-0.15, -0.1) is 11.3 Å². The Labute approximate surface area is 164 Å². The minimum atomic E-state index is -0.302. The van der Waals surface area contributed by atoms with Crippen LogP contribution in [0.1, 0.15) is 31.4 Å². The zero-order chi connectivity index (χ0) is 19.7. The van der Waals surface area contributed by atoms with Gasteiger partial charge < -0.3 is 15.2 Å². The maximum Gasteiger partial charge on any atom is 0.265 e. The van der Waals surface area contributed by atoms with Crippen molar-refractivity contribution in [3.05, 3.63) is 69.7 Å². The molecule has 0 saturated heterocycles. The fourth-order valence-electron chi connectivity index (χ4n) is 2.87. The second-order valence-corrected chi connectivity index (χ2v) is 7.17. The Kier molecular flexibility index (Phi) is 4.62. The van der Waals surface area contributed by atoms with Gasteiger partial charge in [-0.2, -0.15) is 0 Å². The number of carbonyl (C=O) groups is 2. The molecule has 0 aliphatic rings. The van der Waals surface area contributed by atoms with Crippen molar-refractivity contribution in [1.82, 2.24) is 10.1 Å². The third kappa shape index (κ3) is 3.49. The molecule has 0 aliphatic carbocycles. The maximum absolute atomic E-state index is 12.9. The fraction of sp³-hybridized carbons (Fsp3) is 0.100. The Morgan fingerprint density at radius 3 is 2.46 bits per heavy atom. The van der Waals surface area contributed by atoms with Gasteiger partial charge in [-0.3, -0.25) is 9.59 Å². The Morgan fingerprint density at radius 1 is 1.00 bits per heavy atom. The molecule has 0 atom stereocenters. The molecule has 8 heteroatoms. The average molecular weight is 392 g/mol. The van der Waals surface area contributed by atoms with Gasteiger partial charge in [0, 0.05) is 17.1 Å². The van der Waals surface area contributed by atoms with E-state index in [0.29, 0.717) is 44.3 Å². The molecule has 7 nitrogen and oxygen atoms in total. The Bertz CT molecular complexity index is 1180. The number of nitrogens with one attached hydrogen (secondary N) is 2. The first-order valence-electron chi connectivity index (χ1n) is 8.51. The van der Waals surface area contributed by atoms with Crippen molar-refractivity contribution >= 4 is 45.6 Å². The van der Waals surface area contributed by atoms with Crippen LogP contribution in [-0.2, 0) is 0 Å². The summed E-state index contributed by atoms with van der Waals surface area (Å²) in [6.45, 7) is 3.55. The Balaban J connectivity index is 1.57. The largest absolute Gasteiger partial charge is 0.336 e. The normalized spacial score (nSPS) is 10.8. The molecule has 0 spiro atoms. The molecule has 2 amide bonds. The number of amides is 2. The molecule has 3 heterocycles. The zero-order valence-electron chi connectivity index (χ0n) is 15.1. The first-order valence-corrected chi connectivity index (χ1v) is 9.39. The van der Waals surface area contributed by atoms with Gasteiger partial charge in [-0.25, -0.2) is 4.98 Å². The van der Waals surface area contributed by atoms with E-state index < -0.39 is 0 Å². The second-order valence-electron chi connectivity index (χ2n) is 6.23. The lowest BCUT2D eigenvalue weighted by Crippen LogP contribution is -2.14. The predicted molar refractivity (Wildman–Crippen MR) is 108 cm³/mol. The first-order chi connectivity index (χ1) is 13.5. The van der Waals surface area contributed by atoms with Crippen molar-refractivity contribution in [1.29, 1.82) is 0 Å². The van der Waals surface area contributed by atoms with Crippen molar-refractivity contribution in [2.24, 2.45) is 0 Å². The van der Waals surface area contributed by atoms with E-state index in [4.69, 9.17) is 4.52 Å². The molecule has 4 aromatic rings. The van der Waals surface area contributed by atoms with Gasteiger partial charge in [0.1, 0.15) is 0 Å². The highest BCUT2D eigenvalue weighted by Crippen LogP contribution is 2.24. The molecule has 0 saturated carbocycles. The van der Waals surface area contributed by atoms with Gasteiger partial charge in [0.15, 0.2) is 0 Å². The van der Waals surface area contributed by atoms with E-state index in [1.165, 1.54) is 11.3 Å². The van der Waals surface area contributed by atoms with Gasteiger partial charge in [0.25, 0.3) is 17.5 Å². The van der Waals surface area contributed by atoms with Crippen molar-refractivity contribution in [2.45, 2.75) is 13.8 Å². The quantitative estimate of drug-likeness (QED) is 0.536. The number of benzene rings is 1. The number of nitrogens with zero attached hydrogens (tertiary/aromatic N) is 2. The molecule has 140 valence electrons. The molecule has 0 fully saturated rings. The first kappa shape index (κ1) is 17.9. The summed E-state index contributed by atoms with van der Waals surface area (Å²) in [5.74, 6) is -0.492. The summed E-state index contributed by atoms with van der Waals surface area (Å²) < 4.78 is 5.18. The summed E-state index contributed by atoms with van der Waals surface area (Å²) >= 11 is 1.36. The van der Waals surface area contributed by atoms with E-state index in [2.05, 4.69) is 20.8 Å². The van der Waals surface area contributed by atoms with Crippen molar-refractivity contribution in [2.75, 3.05) is 10.6 Å². The van der Waals surface area contributed by atoms with Crippen LogP contribution in [0.25, 0.3) is 11.1 Å². The van der Waals surface area contributed by atoms with Gasteiger partial charge in [0.2, 0.25) is 0 Å². The molecule has 0 radical (unpaired) electrons. The van der Waals surface area contributed by atoms with Gasteiger partial charge in [0.05, 0.1) is 21.5 Å². The number of carbonyl (C=O) groups excluding carboxylic acids is 2.